The second-order valence-electron chi connectivity index (χ2n) is 5.68. The summed E-state index contributed by atoms with van der Waals surface area (Å²) < 4.78 is 5.86. The van der Waals surface area contributed by atoms with Gasteiger partial charge in [-0.25, -0.2) is 0 Å². The molecule has 0 bridgehead atoms. The lowest BCUT2D eigenvalue weighted by Crippen LogP contribution is -2.10. The molecule has 0 radical (unpaired) electrons. The van der Waals surface area contributed by atoms with Crippen LogP contribution in [0.15, 0.2) is 6.07 Å². The zero-order valence-corrected chi connectivity index (χ0v) is 14.1. The van der Waals surface area contributed by atoms with E-state index in [2.05, 4.69) is 59.4 Å². The molecule has 0 aliphatic rings. The van der Waals surface area contributed by atoms with Gasteiger partial charge in [-0.15, -0.1) is 5.92 Å². The summed E-state index contributed by atoms with van der Waals surface area (Å²) in [5, 5.41) is 0. The Morgan fingerprint density at radius 3 is 2.35 bits per heavy atom. The molecule has 0 amide bonds. The van der Waals surface area contributed by atoms with Gasteiger partial charge in [0.05, 0.1) is 6.61 Å². The van der Waals surface area contributed by atoms with E-state index in [4.69, 9.17) is 4.74 Å². The third-order valence-electron chi connectivity index (χ3n) is 4.15. The first-order valence-corrected chi connectivity index (χ1v) is 7.59. The van der Waals surface area contributed by atoms with E-state index in [0.717, 1.165) is 18.8 Å². The molecule has 20 heavy (non-hydrogen) atoms. The highest BCUT2D eigenvalue weighted by Gasteiger charge is 2.19. The first-order chi connectivity index (χ1) is 9.43. The van der Waals surface area contributed by atoms with E-state index >= 15 is 0 Å². The minimum absolute atomic E-state index is 0.374. The smallest absolute Gasteiger partial charge is 0.122 e. The van der Waals surface area contributed by atoms with Crippen LogP contribution in [-0.4, -0.2) is 6.61 Å². The maximum Gasteiger partial charge on any atom is 0.122 e. The SMILES string of the molecule is CC#CC(C)C(C)c1c(C)cc(OCCC)c(C)c1C. The summed E-state index contributed by atoms with van der Waals surface area (Å²) in [6.07, 6.45) is 1.04. The van der Waals surface area contributed by atoms with Crippen LogP contribution in [0.3, 0.4) is 0 Å². The van der Waals surface area contributed by atoms with Crippen LogP contribution in [0, 0.1) is 38.5 Å². The Kier molecular flexibility index (Phi) is 6.14. The molecular weight excluding hydrogens is 244 g/mol. The number of ether oxygens (including phenoxy) is 1. The monoisotopic (exact) mass is 272 g/mol. The molecule has 1 heteroatoms. The summed E-state index contributed by atoms with van der Waals surface area (Å²) in [6.45, 7) is 15.9. The summed E-state index contributed by atoms with van der Waals surface area (Å²) in [5.74, 6) is 8.18. The highest BCUT2D eigenvalue weighted by Crippen LogP contribution is 2.35. The second kappa shape index (κ2) is 7.39. The van der Waals surface area contributed by atoms with Crippen LogP contribution in [-0.2, 0) is 0 Å². The molecule has 110 valence electrons. The van der Waals surface area contributed by atoms with E-state index in [9.17, 15) is 0 Å². The Hall–Kier alpha value is -1.42. The average Bonchev–Trinajstić information content (AvgIpc) is 2.41. The summed E-state index contributed by atoms with van der Waals surface area (Å²) in [4.78, 5) is 0. The molecule has 1 rings (SSSR count). The van der Waals surface area contributed by atoms with E-state index in [1.807, 2.05) is 6.92 Å². The van der Waals surface area contributed by atoms with Crippen molar-refractivity contribution in [3.63, 3.8) is 0 Å². The Bertz CT molecular complexity index is 517. The van der Waals surface area contributed by atoms with E-state index < -0.39 is 0 Å². The zero-order valence-electron chi connectivity index (χ0n) is 14.1. The van der Waals surface area contributed by atoms with Crippen LogP contribution in [0.25, 0.3) is 0 Å². The fourth-order valence-corrected chi connectivity index (χ4v) is 2.73. The van der Waals surface area contributed by atoms with E-state index in [1.165, 1.54) is 22.3 Å². The van der Waals surface area contributed by atoms with E-state index in [-0.39, 0.29) is 0 Å². The zero-order chi connectivity index (χ0) is 15.3. The van der Waals surface area contributed by atoms with Gasteiger partial charge in [-0.2, -0.15) is 0 Å². The Morgan fingerprint density at radius 2 is 1.80 bits per heavy atom. The van der Waals surface area contributed by atoms with Gasteiger partial charge in [0, 0.05) is 5.92 Å². The fourth-order valence-electron chi connectivity index (χ4n) is 2.73. The first kappa shape index (κ1) is 16.6. The average molecular weight is 272 g/mol. The molecule has 0 spiro atoms. The van der Waals surface area contributed by atoms with Crippen molar-refractivity contribution >= 4 is 0 Å². The lowest BCUT2D eigenvalue weighted by Gasteiger charge is -2.23. The van der Waals surface area contributed by atoms with Gasteiger partial charge in [-0.3, -0.25) is 0 Å². The lowest BCUT2D eigenvalue weighted by molar-refractivity contribution is 0.314. The van der Waals surface area contributed by atoms with Crippen molar-refractivity contribution in [2.45, 2.75) is 60.8 Å². The molecule has 0 saturated carbocycles. The van der Waals surface area contributed by atoms with Crippen LogP contribution < -0.4 is 4.74 Å². The van der Waals surface area contributed by atoms with Crippen molar-refractivity contribution < 1.29 is 4.74 Å². The van der Waals surface area contributed by atoms with Crippen molar-refractivity contribution in [1.82, 2.24) is 0 Å². The number of hydrogen-bond acceptors (Lipinski definition) is 1. The fraction of sp³-hybridized carbons (Fsp3) is 0.579. The quantitative estimate of drug-likeness (QED) is 0.672. The van der Waals surface area contributed by atoms with Gasteiger partial charge in [-0.1, -0.05) is 26.7 Å². The highest BCUT2D eigenvalue weighted by molar-refractivity contribution is 5.50. The molecule has 1 nitrogen and oxygen atoms in total. The molecule has 0 fully saturated rings. The molecule has 1 aromatic rings. The minimum atomic E-state index is 0.374. The molecule has 0 heterocycles. The number of benzene rings is 1. The Morgan fingerprint density at radius 1 is 1.15 bits per heavy atom. The van der Waals surface area contributed by atoms with Crippen molar-refractivity contribution in [2.75, 3.05) is 6.61 Å². The van der Waals surface area contributed by atoms with Crippen LogP contribution in [0.4, 0.5) is 0 Å². The maximum absolute atomic E-state index is 5.86. The summed E-state index contributed by atoms with van der Waals surface area (Å²) in [7, 11) is 0. The molecule has 0 aliphatic carbocycles. The lowest BCUT2D eigenvalue weighted by atomic mass is 9.82. The minimum Gasteiger partial charge on any atom is -0.493 e. The van der Waals surface area contributed by atoms with E-state index in [1.54, 1.807) is 0 Å². The molecular formula is C19H28O. The van der Waals surface area contributed by atoms with Crippen LogP contribution >= 0.6 is 0 Å². The maximum atomic E-state index is 5.86. The van der Waals surface area contributed by atoms with Gasteiger partial charge in [0.25, 0.3) is 0 Å². The normalized spacial score (nSPS) is 13.3. The third kappa shape index (κ3) is 3.57. The predicted molar refractivity (Wildman–Crippen MR) is 87.5 cm³/mol. The molecule has 2 atom stereocenters. The number of hydrogen-bond donors (Lipinski definition) is 0. The van der Waals surface area contributed by atoms with Gasteiger partial charge in [0.2, 0.25) is 0 Å². The molecule has 0 aliphatic heterocycles. The molecule has 0 aromatic heterocycles. The number of rotatable bonds is 5. The van der Waals surface area contributed by atoms with Crippen LogP contribution in [0.2, 0.25) is 0 Å². The van der Waals surface area contributed by atoms with Crippen LogP contribution in [0.5, 0.6) is 5.75 Å². The first-order valence-electron chi connectivity index (χ1n) is 7.59. The summed E-state index contributed by atoms with van der Waals surface area (Å²) in [6, 6.07) is 2.19. The van der Waals surface area contributed by atoms with Gasteiger partial charge in [0.1, 0.15) is 5.75 Å². The van der Waals surface area contributed by atoms with Crippen molar-refractivity contribution in [2.24, 2.45) is 5.92 Å². The van der Waals surface area contributed by atoms with Crippen molar-refractivity contribution in [3.05, 3.63) is 28.3 Å². The molecule has 0 N–H and O–H groups in total. The highest BCUT2D eigenvalue weighted by atomic mass is 16.5. The number of aryl methyl sites for hydroxylation is 1. The van der Waals surface area contributed by atoms with Gasteiger partial charge in [0.15, 0.2) is 0 Å². The summed E-state index contributed by atoms with van der Waals surface area (Å²) >= 11 is 0. The molecule has 0 saturated heterocycles. The standard InChI is InChI=1S/C19H28O/c1-8-10-13(3)15(5)19-14(4)12-18(20-11-9-2)16(6)17(19)7/h12-13,15H,9,11H2,1-7H3. The largest absolute Gasteiger partial charge is 0.493 e. The predicted octanol–water partition coefficient (Wildman–Crippen LogP) is 5.16. The Balaban J connectivity index is 3.21. The second-order valence-corrected chi connectivity index (χ2v) is 5.68. The molecule has 1 aromatic carbocycles. The van der Waals surface area contributed by atoms with Crippen molar-refractivity contribution in [3.8, 4) is 17.6 Å². The van der Waals surface area contributed by atoms with Gasteiger partial charge in [-0.05, 0) is 68.4 Å². The van der Waals surface area contributed by atoms with Gasteiger partial charge < -0.3 is 4.74 Å². The van der Waals surface area contributed by atoms with Crippen LogP contribution in [0.1, 0.15) is 62.3 Å². The van der Waals surface area contributed by atoms with Crippen molar-refractivity contribution in [1.29, 1.82) is 0 Å². The third-order valence-corrected chi connectivity index (χ3v) is 4.15. The van der Waals surface area contributed by atoms with Gasteiger partial charge >= 0.3 is 0 Å². The van der Waals surface area contributed by atoms with E-state index in [0.29, 0.717) is 11.8 Å². The summed E-state index contributed by atoms with van der Waals surface area (Å²) in [5.41, 5.74) is 5.37. The Labute approximate surface area is 124 Å². The topological polar surface area (TPSA) is 9.23 Å². The molecule has 2 unspecified atom stereocenters.